The summed E-state index contributed by atoms with van der Waals surface area (Å²) in [4.78, 5) is 30.1. The first-order chi connectivity index (χ1) is 14.8. The predicted molar refractivity (Wildman–Crippen MR) is 121 cm³/mol. The molecule has 2 aromatic carbocycles. The minimum atomic E-state index is -0.245. The van der Waals surface area contributed by atoms with Crippen LogP contribution in [0.2, 0.25) is 0 Å². The number of nitrogens with zero attached hydrogens (tertiary/aromatic N) is 4. The molecule has 0 fully saturated rings. The van der Waals surface area contributed by atoms with Gasteiger partial charge in [-0.1, -0.05) is 33.2 Å². The lowest BCUT2D eigenvalue weighted by Gasteiger charge is -2.07. The maximum absolute atomic E-state index is 13.1. The Morgan fingerprint density at radius 3 is 2.68 bits per heavy atom. The van der Waals surface area contributed by atoms with Crippen molar-refractivity contribution in [1.29, 1.82) is 0 Å². The molecule has 9 heteroatoms. The van der Waals surface area contributed by atoms with Crippen LogP contribution >= 0.6 is 15.9 Å². The molecule has 0 radical (unpaired) electrons. The molecular formula is C22H22BrN5O3. The topological polar surface area (TPSA) is 95.0 Å². The summed E-state index contributed by atoms with van der Waals surface area (Å²) in [6.07, 6.45) is 0. The summed E-state index contributed by atoms with van der Waals surface area (Å²) in [5.74, 6) is 0.652. The van der Waals surface area contributed by atoms with Gasteiger partial charge in [0.15, 0.2) is 0 Å². The number of imidazole rings is 1. The smallest absolute Gasteiger partial charge is 0.329 e. The molecule has 160 valence electrons. The van der Waals surface area contributed by atoms with Crippen molar-refractivity contribution < 1.29 is 9.32 Å². The van der Waals surface area contributed by atoms with E-state index in [-0.39, 0.29) is 24.2 Å². The first-order valence-electron chi connectivity index (χ1n) is 9.90. The van der Waals surface area contributed by atoms with Crippen LogP contribution in [0.1, 0.15) is 31.3 Å². The standard InChI is InChI=1S/C22H22BrN5O3/c1-13(2)28-18-8-7-16(21-25-14(3)31-26-21)10-19(18)27(22(28)30)12-20(29)24-11-15-5-4-6-17(23)9-15/h4-10,13H,11-12H2,1-3H3,(H,24,29). The number of fused-ring (bicyclic) bond motifs is 1. The van der Waals surface area contributed by atoms with E-state index in [2.05, 4.69) is 31.4 Å². The highest BCUT2D eigenvalue weighted by Crippen LogP contribution is 2.24. The van der Waals surface area contributed by atoms with E-state index in [1.54, 1.807) is 11.5 Å². The van der Waals surface area contributed by atoms with Gasteiger partial charge in [0.05, 0.1) is 11.0 Å². The minimum absolute atomic E-state index is 0.0563. The number of amides is 1. The fourth-order valence-electron chi connectivity index (χ4n) is 3.53. The van der Waals surface area contributed by atoms with Crippen molar-refractivity contribution in [3.8, 4) is 11.4 Å². The summed E-state index contributed by atoms with van der Waals surface area (Å²) in [7, 11) is 0. The average molecular weight is 484 g/mol. The maximum atomic E-state index is 13.1. The third-order valence-electron chi connectivity index (χ3n) is 4.95. The van der Waals surface area contributed by atoms with Crippen molar-refractivity contribution in [1.82, 2.24) is 24.6 Å². The van der Waals surface area contributed by atoms with Gasteiger partial charge < -0.3 is 9.84 Å². The molecule has 31 heavy (non-hydrogen) atoms. The Bertz CT molecular complexity index is 1320. The number of halogens is 1. The summed E-state index contributed by atoms with van der Waals surface area (Å²) in [6, 6.07) is 13.2. The predicted octanol–water partition coefficient (Wildman–Crippen LogP) is 3.82. The molecule has 0 unspecified atom stereocenters. The molecule has 8 nitrogen and oxygen atoms in total. The number of aryl methyl sites for hydroxylation is 1. The molecule has 0 atom stereocenters. The Balaban J connectivity index is 1.67. The molecule has 0 aliphatic carbocycles. The molecule has 2 aromatic heterocycles. The molecule has 1 amide bonds. The van der Waals surface area contributed by atoms with Gasteiger partial charge in [0.2, 0.25) is 17.6 Å². The van der Waals surface area contributed by atoms with Crippen molar-refractivity contribution in [2.24, 2.45) is 0 Å². The maximum Gasteiger partial charge on any atom is 0.329 e. The van der Waals surface area contributed by atoms with Gasteiger partial charge in [-0.3, -0.25) is 13.9 Å². The molecule has 0 bridgehead atoms. The molecule has 1 N–H and O–H groups in total. The van der Waals surface area contributed by atoms with Gasteiger partial charge in [-0.05, 0) is 49.7 Å². The highest BCUT2D eigenvalue weighted by Gasteiger charge is 2.19. The van der Waals surface area contributed by atoms with Crippen LogP contribution in [0.5, 0.6) is 0 Å². The van der Waals surface area contributed by atoms with Crippen LogP contribution in [0.4, 0.5) is 0 Å². The molecule has 4 aromatic rings. The Hall–Kier alpha value is -3.20. The van der Waals surface area contributed by atoms with Crippen LogP contribution in [0.25, 0.3) is 22.4 Å². The van der Waals surface area contributed by atoms with E-state index in [4.69, 9.17) is 4.52 Å². The van der Waals surface area contributed by atoms with Gasteiger partial charge in [0.1, 0.15) is 6.54 Å². The third kappa shape index (κ3) is 4.32. The normalized spacial score (nSPS) is 11.4. The average Bonchev–Trinajstić information content (AvgIpc) is 3.27. The van der Waals surface area contributed by atoms with Crippen LogP contribution in [0.15, 0.2) is 56.3 Å². The first kappa shape index (κ1) is 21.0. The van der Waals surface area contributed by atoms with Gasteiger partial charge in [0, 0.05) is 29.5 Å². The monoisotopic (exact) mass is 483 g/mol. The van der Waals surface area contributed by atoms with Crippen LogP contribution in [-0.4, -0.2) is 25.2 Å². The SMILES string of the molecule is Cc1nc(-c2ccc3c(c2)n(CC(=O)NCc2cccc(Br)c2)c(=O)n3C(C)C)no1. The summed E-state index contributed by atoms with van der Waals surface area (Å²) >= 11 is 3.43. The molecule has 0 aliphatic heterocycles. The zero-order chi connectivity index (χ0) is 22.1. The number of aromatic nitrogens is 4. The summed E-state index contributed by atoms with van der Waals surface area (Å²) in [5.41, 5.74) is 2.85. The lowest BCUT2D eigenvalue weighted by molar-refractivity contribution is -0.121. The molecule has 2 heterocycles. The van der Waals surface area contributed by atoms with Crippen LogP contribution in [0, 0.1) is 6.92 Å². The van der Waals surface area contributed by atoms with Crippen LogP contribution in [-0.2, 0) is 17.9 Å². The molecular weight excluding hydrogens is 462 g/mol. The number of carbonyl (C=O) groups is 1. The van der Waals surface area contributed by atoms with Crippen molar-refractivity contribution in [2.45, 2.75) is 39.9 Å². The minimum Gasteiger partial charge on any atom is -0.350 e. The second-order valence-corrected chi connectivity index (χ2v) is 8.50. The number of rotatable bonds is 6. The molecule has 0 saturated carbocycles. The van der Waals surface area contributed by atoms with Crippen molar-refractivity contribution in [3.63, 3.8) is 0 Å². The lowest BCUT2D eigenvalue weighted by atomic mass is 10.2. The number of hydrogen-bond acceptors (Lipinski definition) is 5. The highest BCUT2D eigenvalue weighted by atomic mass is 79.9. The van der Waals surface area contributed by atoms with Gasteiger partial charge in [-0.15, -0.1) is 0 Å². The second-order valence-electron chi connectivity index (χ2n) is 7.58. The van der Waals surface area contributed by atoms with E-state index in [0.717, 1.165) is 15.6 Å². The third-order valence-corrected chi connectivity index (χ3v) is 5.44. The van der Waals surface area contributed by atoms with Crippen molar-refractivity contribution >= 4 is 32.9 Å². The largest absolute Gasteiger partial charge is 0.350 e. The molecule has 0 saturated heterocycles. The quantitative estimate of drug-likeness (QED) is 0.449. The van der Waals surface area contributed by atoms with E-state index < -0.39 is 0 Å². The Morgan fingerprint density at radius 2 is 2.00 bits per heavy atom. The number of benzene rings is 2. The van der Waals surface area contributed by atoms with E-state index >= 15 is 0 Å². The van der Waals surface area contributed by atoms with Gasteiger partial charge in [0.25, 0.3) is 0 Å². The van der Waals surface area contributed by atoms with Gasteiger partial charge >= 0.3 is 5.69 Å². The van der Waals surface area contributed by atoms with E-state index in [9.17, 15) is 9.59 Å². The summed E-state index contributed by atoms with van der Waals surface area (Å²) in [6.45, 7) is 5.89. The van der Waals surface area contributed by atoms with E-state index in [1.165, 1.54) is 4.57 Å². The second kappa shape index (κ2) is 8.50. The molecule has 0 spiro atoms. The Kier molecular flexibility index (Phi) is 5.77. The van der Waals surface area contributed by atoms with E-state index in [1.807, 2.05) is 56.3 Å². The highest BCUT2D eigenvalue weighted by molar-refractivity contribution is 9.10. The lowest BCUT2D eigenvalue weighted by Crippen LogP contribution is -2.33. The summed E-state index contributed by atoms with van der Waals surface area (Å²) in [5, 5.41) is 6.84. The number of hydrogen-bond donors (Lipinski definition) is 1. The molecule has 4 rings (SSSR count). The Morgan fingerprint density at radius 1 is 1.19 bits per heavy atom. The summed E-state index contributed by atoms with van der Waals surface area (Å²) < 4.78 is 9.19. The fourth-order valence-corrected chi connectivity index (χ4v) is 3.98. The van der Waals surface area contributed by atoms with E-state index in [0.29, 0.717) is 29.3 Å². The van der Waals surface area contributed by atoms with Gasteiger partial charge in [-0.25, -0.2) is 4.79 Å². The Labute approximate surface area is 187 Å². The van der Waals surface area contributed by atoms with Crippen LogP contribution < -0.4 is 11.0 Å². The van der Waals surface area contributed by atoms with Crippen molar-refractivity contribution in [3.05, 3.63) is 68.9 Å². The zero-order valence-electron chi connectivity index (χ0n) is 17.4. The zero-order valence-corrected chi connectivity index (χ0v) is 19.0. The van der Waals surface area contributed by atoms with Crippen molar-refractivity contribution in [2.75, 3.05) is 0 Å². The van der Waals surface area contributed by atoms with Gasteiger partial charge in [-0.2, -0.15) is 4.98 Å². The fraction of sp³-hybridized carbons (Fsp3) is 0.273. The van der Waals surface area contributed by atoms with Crippen LogP contribution in [0.3, 0.4) is 0 Å². The first-order valence-corrected chi connectivity index (χ1v) is 10.7. The number of nitrogens with one attached hydrogen (secondary N) is 1. The molecule has 0 aliphatic rings. The number of carbonyl (C=O) groups excluding carboxylic acids is 1.